The number of hydrogen-bond donors (Lipinski definition) is 1. The molecule has 0 aromatic heterocycles. The maximum atomic E-state index is 11.5. The molecule has 0 aliphatic carbocycles. The molecule has 1 aromatic rings. The molecule has 0 aliphatic heterocycles. The van der Waals surface area contributed by atoms with Crippen LogP contribution in [0.4, 0.5) is 0 Å². The second kappa shape index (κ2) is 5.97. The van der Waals surface area contributed by atoms with Crippen LogP contribution in [-0.4, -0.2) is 22.8 Å². The second-order valence-corrected chi connectivity index (χ2v) is 3.67. The SMILES string of the molecule is C=CC(=O)OC(C)(O)C(=O)OCc1ccccc1. The summed E-state index contributed by atoms with van der Waals surface area (Å²) in [5.41, 5.74) is 0.761. The van der Waals surface area contributed by atoms with E-state index in [-0.39, 0.29) is 6.61 Å². The van der Waals surface area contributed by atoms with Crippen molar-refractivity contribution in [2.75, 3.05) is 0 Å². The van der Waals surface area contributed by atoms with Gasteiger partial charge in [-0.25, -0.2) is 9.59 Å². The molecule has 5 heteroatoms. The van der Waals surface area contributed by atoms with E-state index in [2.05, 4.69) is 11.3 Å². The highest BCUT2D eigenvalue weighted by Crippen LogP contribution is 2.11. The molecule has 1 N–H and O–H groups in total. The molecule has 1 atom stereocenters. The summed E-state index contributed by atoms with van der Waals surface area (Å²) in [4.78, 5) is 22.4. The fourth-order valence-electron chi connectivity index (χ4n) is 1.14. The van der Waals surface area contributed by atoms with Crippen LogP contribution in [0.2, 0.25) is 0 Å². The lowest BCUT2D eigenvalue weighted by Crippen LogP contribution is -2.41. The molecule has 0 spiro atoms. The van der Waals surface area contributed by atoms with E-state index < -0.39 is 17.7 Å². The van der Waals surface area contributed by atoms with E-state index in [9.17, 15) is 14.7 Å². The van der Waals surface area contributed by atoms with E-state index >= 15 is 0 Å². The van der Waals surface area contributed by atoms with Crippen molar-refractivity contribution in [2.45, 2.75) is 19.3 Å². The minimum Gasteiger partial charge on any atom is -0.456 e. The third-order valence-electron chi connectivity index (χ3n) is 2.06. The van der Waals surface area contributed by atoms with Gasteiger partial charge >= 0.3 is 17.7 Å². The molecule has 0 heterocycles. The van der Waals surface area contributed by atoms with Gasteiger partial charge in [0.25, 0.3) is 0 Å². The van der Waals surface area contributed by atoms with E-state index in [1.807, 2.05) is 6.07 Å². The highest BCUT2D eigenvalue weighted by atomic mass is 16.7. The third-order valence-corrected chi connectivity index (χ3v) is 2.06. The van der Waals surface area contributed by atoms with Gasteiger partial charge in [0.2, 0.25) is 0 Å². The van der Waals surface area contributed by atoms with Crippen molar-refractivity contribution in [1.29, 1.82) is 0 Å². The Morgan fingerprint density at radius 1 is 1.39 bits per heavy atom. The first-order valence-electron chi connectivity index (χ1n) is 5.24. The fourth-order valence-corrected chi connectivity index (χ4v) is 1.14. The number of carbonyl (C=O) groups is 2. The van der Waals surface area contributed by atoms with E-state index in [0.717, 1.165) is 18.6 Å². The van der Waals surface area contributed by atoms with Crippen LogP contribution in [0.15, 0.2) is 43.0 Å². The molecule has 1 unspecified atom stereocenters. The largest absolute Gasteiger partial charge is 0.456 e. The van der Waals surface area contributed by atoms with Crippen molar-refractivity contribution in [1.82, 2.24) is 0 Å². The van der Waals surface area contributed by atoms with Crippen LogP contribution in [0, 0.1) is 0 Å². The Labute approximate surface area is 105 Å². The average molecular weight is 250 g/mol. The molecule has 0 bridgehead atoms. The van der Waals surface area contributed by atoms with Crippen molar-refractivity contribution in [2.24, 2.45) is 0 Å². The average Bonchev–Trinajstić information content (AvgIpc) is 2.36. The van der Waals surface area contributed by atoms with Gasteiger partial charge in [0.05, 0.1) is 0 Å². The van der Waals surface area contributed by atoms with Gasteiger partial charge in [0.15, 0.2) is 0 Å². The van der Waals surface area contributed by atoms with Crippen LogP contribution in [0.5, 0.6) is 0 Å². The van der Waals surface area contributed by atoms with Crippen molar-refractivity contribution in [3.05, 3.63) is 48.6 Å². The van der Waals surface area contributed by atoms with E-state index in [1.54, 1.807) is 24.3 Å². The molecule has 1 aromatic carbocycles. The van der Waals surface area contributed by atoms with Gasteiger partial charge in [-0.2, -0.15) is 0 Å². The van der Waals surface area contributed by atoms with Gasteiger partial charge < -0.3 is 14.6 Å². The minimum atomic E-state index is -2.32. The van der Waals surface area contributed by atoms with E-state index in [1.165, 1.54) is 0 Å². The number of esters is 2. The number of rotatable bonds is 5. The Balaban J connectivity index is 2.54. The van der Waals surface area contributed by atoms with Crippen LogP contribution < -0.4 is 0 Å². The molecule has 0 radical (unpaired) electrons. The first kappa shape index (κ1) is 13.9. The smallest absolute Gasteiger partial charge is 0.379 e. The van der Waals surface area contributed by atoms with Crippen molar-refractivity contribution < 1.29 is 24.2 Å². The zero-order chi connectivity index (χ0) is 13.6. The molecule has 0 saturated heterocycles. The van der Waals surface area contributed by atoms with Crippen LogP contribution in [-0.2, 0) is 25.7 Å². The maximum absolute atomic E-state index is 11.5. The molecule has 96 valence electrons. The molecule has 0 saturated carbocycles. The van der Waals surface area contributed by atoms with E-state index in [0.29, 0.717) is 0 Å². The summed E-state index contributed by atoms with van der Waals surface area (Å²) in [7, 11) is 0. The predicted molar refractivity (Wildman–Crippen MR) is 63.2 cm³/mol. The first-order valence-corrected chi connectivity index (χ1v) is 5.24. The lowest BCUT2D eigenvalue weighted by molar-refractivity contribution is -0.219. The zero-order valence-corrected chi connectivity index (χ0v) is 9.96. The maximum Gasteiger partial charge on any atom is 0.379 e. The molecular formula is C13H14O5. The Hall–Kier alpha value is -2.14. The lowest BCUT2D eigenvalue weighted by atomic mass is 10.2. The molecule has 1 rings (SSSR count). The predicted octanol–water partition coefficient (Wildman–Crippen LogP) is 1.17. The summed E-state index contributed by atoms with van der Waals surface area (Å²) >= 11 is 0. The normalized spacial score (nSPS) is 13.2. The Bertz CT molecular complexity index is 436. The van der Waals surface area contributed by atoms with Crippen molar-refractivity contribution >= 4 is 11.9 Å². The van der Waals surface area contributed by atoms with Crippen LogP contribution in [0.25, 0.3) is 0 Å². The number of carbonyl (C=O) groups excluding carboxylic acids is 2. The number of ether oxygens (including phenoxy) is 2. The molecule has 0 fully saturated rings. The highest BCUT2D eigenvalue weighted by Gasteiger charge is 2.36. The van der Waals surface area contributed by atoms with Gasteiger partial charge in [-0.1, -0.05) is 36.9 Å². The van der Waals surface area contributed by atoms with E-state index in [4.69, 9.17) is 4.74 Å². The van der Waals surface area contributed by atoms with Crippen molar-refractivity contribution in [3.63, 3.8) is 0 Å². The van der Waals surface area contributed by atoms with Gasteiger partial charge in [0, 0.05) is 13.0 Å². The quantitative estimate of drug-likeness (QED) is 0.482. The number of aliphatic hydroxyl groups is 1. The van der Waals surface area contributed by atoms with Gasteiger partial charge in [-0.05, 0) is 5.56 Å². The second-order valence-electron chi connectivity index (χ2n) is 3.67. The van der Waals surface area contributed by atoms with Crippen LogP contribution in [0.1, 0.15) is 12.5 Å². The lowest BCUT2D eigenvalue weighted by Gasteiger charge is -2.20. The Morgan fingerprint density at radius 2 is 2.00 bits per heavy atom. The summed E-state index contributed by atoms with van der Waals surface area (Å²) in [6, 6.07) is 8.93. The number of benzene rings is 1. The monoisotopic (exact) mass is 250 g/mol. The summed E-state index contributed by atoms with van der Waals surface area (Å²) < 4.78 is 9.30. The van der Waals surface area contributed by atoms with Crippen LogP contribution in [0.3, 0.4) is 0 Å². The van der Waals surface area contributed by atoms with Gasteiger partial charge in [-0.15, -0.1) is 0 Å². The molecule has 5 nitrogen and oxygen atoms in total. The molecular weight excluding hydrogens is 236 g/mol. The Kier molecular flexibility index (Phi) is 4.62. The van der Waals surface area contributed by atoms with Crippen LogP contribution >= 0.6 is 0 Å². The Morgan fingerprint density at radius 3 is 2.56 bits per heavy atom. The molecule has 0 aliphatic rings. The standard InChI is InChI=1S/C13H14O5/c1-3-11(14)18-13(2,16)12(15)17-9-10-7-5-4-6-8-10/h3-8,16H,1,9H2,2H3. The fraction of sp³-hybridized carbons (Fsp3) is 0.231. The topological polar surface area (TPSA) is 72.8 Å². The van der Waals surface area contributed by atoms with Gasteiger partial charge in [0.1, 0.15) is 6.61 Å². The third kappa shape index (κ3) is 4.03. The summed E-state index contributed by atoms with van der Waals surface area (Å²) in [5, 5.41) is 9.60. The summed E-state index contributed by atoms with van der Waals surface area (Å²) in [6.07, 6.45) is 0.846. The zero-order valence-electron chi connectivity index (χ0n) is 9.96. The highest BCUT2D eigenvalue weighted by molar-refractivity contribution is 5.86. The minimum absolute atomic E-state index is 0.0124. The van der Waals surface area contributed by atoms with Crippen molar-refractivity contribution in [3.8, 4) is 0 Å². The summed E-state index contributed by atoms with van der Waals surface area (Å²) in [5.74, 6) is -4.27. The molecule has 18 heavy (non-hydrogen) atoms. The van der Waals surface area contributed by atoms with Gasteiger partial charge in [-0.3, -0.25) is 0 Å². The summed E-state index contributed by atoms with van der Waals surface area (Å²) in [6.45, 7) is 4.18. The number of hydrogen-bond acceptors (Lipinski definition) is 5. The first-order chi connectivity index (χ1) is 8.45. The molecule has 0 amide bonds.